The van der Waals surface area contributed by atoms with Gasteiger partial charge in [-0.2, -0.15) is 0 Å². The molecule has 0 bridgehead atoms. The normalized spacial score (nSPS) is 23.6. The van der Waals surface area contributed by atoms with Gasteiger partial charge in [0.25, 0.3) is 5.91 Å². The van der Waals surface area contributed by atoms with E-state index in [2.05, 4.69) is 16.8 Å². The van der Waals surface area contributed by atoms with Gasteiger partial charge in [0, 0.05) is 36.0 Å². The molecular formula is C27H33N3O3. The molecule has 2 aliphatic rings. The van der Waals surface area contributed by atoms with Crippen molar-refractivity contribution in [2.45, 2.75) is 51.3 Å². The van der Waals surface area contributed by atoms with Crippen molar-refractivity contribution in [3.05, 3.63) is 58.6 Å². The number of nitrogens with zero attached hydrogens (tertiary/aromatic N) is 2. The quantitative estimate of drug-likeness (QED) is 0.681. The van der Waals surface area contributed by atoms with E-state index < -0.39 is 0 Å². The number of rotatable bonds is 7. The van der Waals surface area contributed by atoms with Gasteiger partial charge in [0.2, 0.25) is 0 Å². The lowest BCUT2D eigenvalue weighted by molar-refractivity contribution is 0.0772. The summed E-state index contributed by atoms with van der Waals surface area (Å²) in [5.74, 6) is 0.630. The number of aliphatic hydroxyl groups is 1. The predicted molar refractivity (Wildman–Crippen MR) is 131 cm³/mol. The van der Waals surface area contributed by atoms with Gasteiger partial charge < -0.3 is 15.2 Å². The number of ether oxygens (including phenoxy) is 1. The van der Waals surface area contributed by atoms with Crippen molar-refractivity contribution in [3.63, 3.8) is 0 Å². The Balaban J connectivity index is 1.55. The summed E-state index contributed by atoms with van der Waals surface area (Å²) in [6.07, 6.45) is 8.14. The monoisotopic (exact) mass is 447 g/mol. The first-order valence-corrected chi connectivity index (χ1v) is 11.8. The van der Waals surface area contributed by atoms with Crippen molar-refractivity contribution in [1.82, 2.24) is 15.2 Å². The molecular weight excluding hydrogens is 414 g/mol. The van der Waals surface area contributed by atoms with E-state index in [0.29, 0.717) is 24.0 Å². The zero-order chi connectivity index (χ0) is 23.4. The Morgan fingerprint density at radius 1 is 1.33 bits per heavy atom. The van der Waals surface area contributed by atoms with Crippen molar-refractivity contribution in [3.8, 4) is 17.0 Å². The molecule has 6 heteroatoms. The Morgan fingerprint density at radius 2 is 2.09 bits per heavy atom. The van der Waals surface area contributed by atoms with Crippen molar-refractivity contribution in [2.75, 3.05) is 19.7 Å². The lowest BCUT2D eigenvalue weighted by atomic mass is 9.85. The highest BCUT2D eigenvalue weighted by Crippen LogP contribution is 2.29. The third-order valence-corrected chi connectivity index (χ3v) is 6.44. The minimum absolute atomic E-state index is 0.124. The molecule has 2 fully saturated rings. The number of β-amino-alcohol motifs (C(OH)–C–C–N with tert-alkyl or cyclic N) is 1. The number of pyridine rings is 1. The number of carbonyl (C=O) groups is 1. The van der Waals surface area contributed by atoms with E-state index in [0.717, 1.165) is 54.1 Å². The number of aromatic nitrogens is 1. The molecule has 1 saturated heterocycles. The van der Waals surface area contributed by atoms with Gasteiger partial charge >= 0.3 is 0 Å². The van der Waals surface area contributed by atoms with Crippen LogP contribution in [0.1, 0.15) is 43.6 Å². The molecule has 0 radical (unpaired) electrons. The summed E-state index contributed by atoms with van der Waals surface area (Å²) < 4.78 is 5.53. The van der Waals surface area contributed by atoms with Gasteiger partial charge in [-0.1, -0.05) is 24.8 Å². The maximum absolute atomic E-state index is 13.3. The van der Waals surface area contributed by atoms with Gasteiger partial charge in [0.1, 0.15) is 11.4 Å². The molecule has 1 atom stereocenters. The summed E-state index contributed by atoms with van der Waals surface area (Å²) in [4.78, 5) is 20.3. The predicted octanol–water partition coefficient (Wildman–Crippen LogP) is 2.24. The fourth-order valence-corrected chi connectivity index (χ4v) is 4.55. The smallest absolute Gasteiger partial charge is 0.270 e. The maximum atomic E-state index is 13.3. The molecule has 174 valence electrons. The lowest BCUT2D eigenvalue weighted by Crippen LogP contribution is -2.54. The third kappa shape index (κ3) is 5.34. The molecule has 1 aromatic carbocycles. The molecule has 1 aliphatic heterocycles. The van der Waals surface area contributed by atoms with Crippen molar-refractivity contribution in [1.29, 1.82) is 0 Å². The SMILES string of the molecule is C=c1cc(-c2ccc(OCC)cc2)nc(C(=O)NC2CC(N3CCC(O)C3)C2)/c1=C/C=C\C. The summed E-state index contributed by atoms with van der Waals surface area (Å²) >= 11 is 0. The van der Waals surface area contributed by atoms with Crippen molar-refractivity contribution < 1.29 is 14.6 Å². The minimum atomic E-state index is -0.214. The third-order valence-electron chi connectivity index (χ3n) is 6.44. The summed E-state index contributed by atoms with van der Waals surface area (Å²) in [5.41, 5.74) is 2.01. The largest absolute Gasteiger partial charge is 0.494 e. The molecule has 1 aliphatic carbocycles. The van der Waals surface area contributed by atoms with Crippen LogP contribution >= 0.6 is 0 Å². The maximum Gasteiger partial charge on any atom is 0.270 e. The van der Waals surface area contributed by atoms with Gasteiger partial charge in [-0.05, 0) is 68.7 Å². The number of nitrogens with one attached hydrogen (secondary N) is 1. The van der Waals surface area contributed by atoms with Crippen LogP contribution in [-0.2, 0) is 0 Å². The van der Waals surface area contributed by atoms with Crippen LogP contribution in [0.3, 0.4) is 0 Å². The molecule has 4 rings (SSSR count). The standard InChI is InChI=1S/C27H33N3O3/c1-4-6-7-24-18(3)14-25(19-8-10-23(11-9-19)33-5-2)29-26(24)27(32)28-20-15-21(16-20)30-13-12-22(31)17-30/h4,6-11,14,20-22,31H,3,5,12-13,15-17H2,1-2H3,(H,28,32)/b6-4-,24-7+. The minimum Gasteiger partial charge on any atom is -0.494 e. The van der Waals surface area contributed by atoms with E-state index >= 15 is 0 Å². The number of hydrogen-bond donors (Lipinski definition) is 2. The Bertz CT molecular complexity index is 1120. The van der Waals surface area contributed by atoms with Crippen molar-refractivity contribution >= 4 is 18.6 Å². The molecule has 2 N–H and O–H groups in total. The average molecular weight is 448 g/mol. The van der Waals surface area contributed by atoms with Crippen LogP contribution in [0.25, 0.3) is 23.9 Å². The number of hydrogen-bond acceptors (Lipinski definition) is 5. The summed E-state index contributed by atoms with van der Waals surface area (Å²) in [6.45, 7) is 10.4. The Kier molecular flexibility index (Phi) is 7.26. The highest BCUT2D eigenvalue weighted by atomic mass is 16.5. The van der Waals surface area contributed by atoms with Gasteiger partial charge in [-0.3, -0.25) is 9.69 Å². The van der Waals surface area contributed by atoms with E-state index in [-0.39, 0.29) is 18.1 Å². The number of allylic oxidation sites excluding steroid dienone is 2. The van der Waals surface area contributed by atoms with E-state index in [4.69, 9.17) is 9.72 Å². The summed E-state index contributed by atoms with van der Waals surface area (Å²) in [6, 6.07) is 10.2. The number of likely N-dealkylation sites (tertiary alicyclic amines) is 1. The zero-order valence-corrected chi connectivity index (χ0v) is 19.5. The highest BCUT2D eigenvalue weighted by Gasteiger charge is 2.37. The molecule has 1 saturated carbocycles. The van der Waals surface area contributed by atoms with Crippen LogP contribution < -0.4 is 20.5 Å². The van der Waals surface area contributed by atoms with E-state index in [1.54, 1.807) is 0 Å². The van der Waals surface area contributed by atoms with E-state index in [1.807, 2.05) is 62.4 Å². The van der Waals surface area contributed by atoms with Crippen LogP contribution in [0.2, 0.25) is 0 Å². The molecule has 1 aromatic heterocycles. The molecule has 33 heavy (non-hydrogen) atoms. The Labute approximate surface area is 195 Å². The van der Waals surface area contributed by atoms with Crippen LogP contribution in [0, 0.1) is 0 Å². The van der Waals surface area contributed by atoms with Gasteiger partial charge in [0.15, 0.2) is 0 Å². The lowest BCUT2D eigenvalue weighted by Gasteiger charge is -2.41. The summed E-state index contributed by atoms with van der Waals surface area (Å²) in [7, 11) is 0. The van der Waals surface area contributed by atoms with Crippen molar-refractivity contribution in [2.24, 2.45) is 0 Å². The molecule has 2 heterocycles. The summed E-state index contributed by atoms with van der Waals surface area (Å²) in [5, 5.41) is 14.4. The highest BCUT2D eigenvalue weighted by molar-refractivity contribution is 5.93. The second kappa shape index (κ2) is 10.3. The first-order chi connectivity index (χ1) is 16.0. The van der Waals surface area contributed by atoms with E-state index in [9.17, 15) is 9.90 Å². The van der Waals surface area contributed by atoms with Gasteiger partial charge in [-0.15, -0.1) is 0 Å². The Morgan fingerprint density at radius 3 is 2.73 bits per heavy atom. The topological polar surface area (TPSA) is 74.7 Å². The number of aliphatic hydroxyl groups excluding tert-OH is 1. The second-order valence-electron chi connectivity index (χ2n) is 8.81. The molecule has 1 amide bonds. The first-order valence-electron chi connectivity index (χ1n) is 11.8. The number of carbonyl (C=O) groups excluding carboxylic acids is 1. The molecule has 1 unspecified atom stereocenters. The number of benzene rings is 1. The average Bonchev–Trinajstić information content (AvgIpc) is 3.20. The Hall–Kier alpha value is -2.96. The fourth-order valence-electron chi connectivity index (χ4n) is 4.55. The number of amides is 1. The molecule has 0 spiro atoms. The second-order valence-corrected chi connectivity index (χ2v) is 8.81. The van der Waals surface area contributed by atoms with Crippen LogP contribution in [0.5, 0.6) is 5.75 Å². The van der Waals surface area contributed by atoms with Crippen LogP contribution in [-0.4, -0.2) is 58.8 Å². The van der Waals surface area contributed by atoms with E-state index in [1.165, 1.54) is 0 Å². The zero-order valence-electron chi connectivity index (χ0n) is 19.5. The molecule has 6 nitrogen and oxygen atoms in total. The molecule has 2 aromatic rings. The first kappa shape index (κ1) is 23.2. The fraction of sp³-hybridized carbons (Fsp3) is 0.407. The van der Waals surface area contributed by atoms with Gasteiger partial charge in [0.05, 0.1) is 18.4 Å². The van der Waals surface area contributed by atoms with Crippen LogP contribution in [0.4, 0.5) is 0 Å². The van der Waals surface area contributed by atoms with Crippen LogP contribution in [0.15, 0.2) is 42.5 Å². The van der Waals surface area contributed by atoms with Gasteiger partial charge in [-0.25, -0.2) is 4.98 Å².